The fraction of sp³-hybridized carbons (Fsp3) is 0.167. The number of rotatable bonds is 2. The molecule has 0 fully saturated rings. The average Bonchev–Trinajstić information content (AvgIpc) is 2.60. The van der Waals surface area contributed by atoms with Crippen molar-refractivity contribution in [2.45, 2.75) is 6.92 Å². The normalized spacial score (nSPS) is 10.4. The summed E-state index contributed by atoms with van der Waals surface area (Å²) >= 11 is 8.23. The fourth-order valence-electron chi connectivity index (χ4n) is 1.47. The molecule has 0 aliphatic rings. The van der Waals surface area contributed by atoms with E-state index in [1.54, 1.807) is 11.7 Å². The van der Waals surface area contributed by atoms with Crippen LogP contribution in [-0.4, -0.2) is 15.7 Å². The summed E-state index contributed by atoms with van der Waals surface area (Å²) in [4.78, 5) is 12.1. The molecule has 94 valence electrons. The average molecular weight is 376 g/mol. The Morgan fingerprint density at radius 2 is 2.11 bits per heavy atom. The molecule has 0 bridgehead atoms. The van der Waals surface area contributed by atoms with Crippen molar-refractivity contribution in [3.05, 3.63) is 44.2 Å². The Labute approximate surface area is 123 Å². The summed E-state index contributed by atoms with van der Waals surface area (Å²) in [5, 5.41) is 7.30. The number of amides is 1. The summed E-state index contributed by atoms with van der Waals surface area (Å²) in [6.45, 7) is 1.82. The van der Waals surface area contributed by atoms with Crippen molar-refractivity contribution in [2.24, 2.45) is 7.05 Å². The molecule has 2 aromatic rings. The van der Waals surface area contributed by atoms with Crippen LogP contribution in [0.1, 0.15) is 16.2 Å². The third-order valence-corrected chi connectivity index (χ3v) is 3.99. The van der Waals surface area contributed by atoms with Crippen molar-refractivity contribution < 1.29 is 4.79 Å². The van der Waals surface area contributed by atoms with E-state index in [2.05, 4.69) is 33.0 Å². The standard InChI is InChI=1S/C12H11ClIN3O/c1-7-10(13)11(16-17(7)2)12(18)15-9-6-4-3-5-8(9)14/h3-6H,1-2H3,(H,15,18). The van der Waals surface area contributed by atoms with Crippen LogP contribution in [-0.2, 0) is 7.05 Å². The third kappa shape index (κ3) is 2.51. The number of hydrogen-bond donors (Lipinski definition) is 1. The number of carbonyl (C=O) groups is 1. The van der Waals surface area contributed by atoms with Crippen LogP contribution in [0.5, 0.6) is 0 Å². The molecule has 2 rings (SSSR count). The first-order valence-corrected chi connectivity index (χ1v) is 6.71. The molecule has 1 heterocycles. The zero-order valence-corrected chi connectivity index (χ0v) is 12.8. The Kier molecular flexibility index (Phi) is 3.91. The SMILES string of the molecule is Cc1c(Cl)c(C(=O)Nc2ccccc2I)nn1C. The summed E-state index contributed by atoms with van der Waals surface area (Å²) < 4.78 is 2.56. The Balaban J connectivity index is 2.28. The first-order valence-electron chi connectivity index (χ1n) is 5.25. The van der Waals surface area contributed by atoms with Gasteiger partial charge in [0.15, 0.2) is 5.69 Å². The van der Waals surface area contributed by atoms with Gasteiger partial charge in [-0.1, -0.05) is 23.7 Å². The number of halogens is 2. The zero-order valence-electron chi connectivity index (χ0n) is 9.87. The minimum Gasteiger partial charge on any atom is -0.320 e. The van der Waals surface area contributed by atoms with Crippen molar-refractivity contribution >= 4 is 45.8 Å². The van der Waals surface area contributed by atoms with Gasteiger partial charge < -0.3 is 5.32 Å². The highest BCUT2D eigenvalue weighted by Crippen LogP contribution is 2.22. The van der Waals surface area contributed by atoms with E-state index in [0.717, 1.165) is 15.0 Å². The first kappa shape index (κ1) is 13.4. The van der Waals surface area contributed by atoms with Crippen LogP contribution in [0.25, 0.3) is 0 Å². The van der Waals surface area contributed by atoms with Gasteiger partial charge in [0, 0.05) is 10.6 Å². The van der Waals surface area contributed by atoms with Crippen LogP contribution in [0, 0.1) is 10.5 Å². The molecule has 1 aromatic heterocycles. The topological polar surface area (TPSA) is 46.9 Å². The highest BCUT2D eigenvalue weighted by molar-refractivity contribution is 14.1. The molecule has 0 aliphatic carbocycles. The van der Waals surface area contributed by atoms with Gasteiger partial charge in [0.1, 0.15) is 0 Å². The van der Waals surface area contributed by atoms with E-state index in [0.29, 0.717) is 5.02 Å². The van der Waals surface area contributed by atoms with E-state index >= 15 is 0 Å². The quantitative estimate of drug-likeness (QED) is 0.819. The molecule has 0 atom stereocenters. The van der Waals surface area contributed by atoms with E-state index < -0.39 is 0 Å². The van der Waals surface area contributed by atoms with Gasteiger partial charge in [0.05, 0.1) is 16.4 Å². The second-order valence-electron chi connectivity index (χ2n) is 3.81. The molecule has 0 unspecified atom stereocenters. The smallest absolute Gasteiger partial charge is 0.277 e. The second kappa shape index (κ2) is 5.27. The molecule has 0 spiro atoms. The number of para-hydroxylation sites is 1. The highest BCUT2D eigenvalue weighted by Gasteiger charge is 2.18. The van der Waals surface area contributed by atoms with Crippen molar-refractivity contribution in [3.8, 4) is 0 Å². The summed E-state index contributed by atoms with van der Waals surface area (Å²) in [7, 11) is 1.75. The Bertz CT molecular complexity index is 609. The van der Waals surface area contributed by atoms with Gasteiger partial charge in [-0.15, -0.1) is 0 Å². The van der Waals surface area contributed by atoms with Crippen LogP contribution >= 0.6 is 34.2 Å². The lowest BCUT2D eigenvalue weighted by atomic mass is 10.3. The number of benzene rings is 1. The molecular formula is C12H11ClIN3O. The number of aromatic nitrogens is 2. The molecular weight excluding hydrogens is 365 g/mol. The number of nitrogens with one attached hydrogen (secondary N) is 1. The number of hydrogen-bond acceptors (Lipinski definition) is 2. The Morgan fingerprint density at radius 3 is 2.67 bits per heavy atom. The van der Waals surface area contributed by atoms with Gasteiger partial charge >= 0.3 is 0 Å². The van der Waals surface area contributed by atoms with Crippen LogP contribution < -0.4 is 5.32 Å². The fourth-order valence-corrected chi connectivity index (χ4v) is 2.24. The summed E-state index contributed by atoms with van der Waals surface area (Å²) in [6, 6.07) is 7.53. The van der Waals surface area contributed by atoms with E-state index in [-0.39, 0.29) is 11.6 Å². The maximum Gasteiger partial charge on any atom is 0.277 e. The van der Waals surface area contributed by atoms with Gasteiger partial charge in [-0.05, 0) is 41.6 Å². The van der Waals surface area contributed by atoms with Crippen LogP contribution in [0.4, 0.5) is 5.69 Å². The molecule has 1 N–H and O–H groups in total. The lowest BCUT2D eigenvalue weighted by molar-refractivity contribution is 0.102. The summed E-state index contributed by atoms with van der Waals surface area (Å²) in [5.74, 6) is -0.298. The monoisotopic (exact) mass is 375 g/mol. The minimum atomic E-state index is -0.298. The zero-order chi connectivity index (χ0) is 13.3. The van der Waals surface area contributed by atoms with E-state index in [1.807, 2.05) is 31.2 Å². The lowest BCUT2D eigenvalue weighted by Gasteiger charge is -2.05. The van der Waals surface area contributed by atoms with E-state index in [4.69, 9.17) is 11.6 Å². The number of carbonyl (C=O) groups excluding carboxylic acids is 1. The minimum absolute atomic E-state index is 0.247. The number of aryl methyl sites for hydroxylation is 1. The van der Waals surface area contributed by atoms with Gasteiger partial charge in [-0.2, -0.15) is 5.10 Å². The number of anilines is 1. The van der Waals surface area contributed by atoms with Crippen molar-refractivity contribution in [1.29, 1.82) is 0 Å². The Hall–Kier alpha value is -1.08. The predicted octanol–water partition coefficient (Wildman–Crippen LogP) is 3.24. The lowest BCUT2D eigenvalue weighted by Crippen LogP contribution is -2.14. The van der Waals surface area contributed by atoms with Crippen molar-refractivity contribution in [1.82, 2.24) is 9.78 Å². The maximum atomic E-state index is 12.1. The van der Waals surface area contributed by atoms with Gasteiger partial charge in [0.2, 0.25) is 0 Å². The van der Waals surface area contributed by atoms with Gasteiger partial charge in [-0.3, -0.25) is 9.48 Å². The van der Waals surface area contributed by atoms with Crippen LogP contribution in [0.3, 0.4) is 0 Å². The van der Waals surface area contributed by atoms with E-state index in [1.165, 1.54) is 0 Å². The Morgan fingerprint density at radius 1 is 1.44 bits per heavy atom. The summed E-state index contributed by atoms with van der Waals surface area (Å²) in [6.07, 6.45) is 0. The first-order chi connectivity index (χ1) is 8.50. The molecule has 0 radical (unpaired) electrons. The van der Waals surface area contributed by atoms with Crippen LogP contribution in [0.2, 0.25) is 5.02 Å². The maximum absolute atomic E-state index is 12.1. The molecule has 1 amide bonds. The molecule has 18 heavy (non-hydrogen) atoms. The molecule has 4 nitrogen and oxygen atoms in total. The second-order valence-corrected chi connectivity index (χ2v) is 5.35. The van der Waals surface area contributed by atoms with E-state index in [9.17, 15) is 4.79 Å². The molecule has 0 aliphatic heterocycles. The number of nitrogens with zero attached hydrogens (tertiary/aromatic N) is 2. The molecule has 1 aromatic carbocycles. The predicted molar refractivity (Wildman–Crippen MR) is 80.1 cm³/mol. The van der Waals surface area contributed by atoms with Crippen molar-refractivity contribution in [2.75, 3.05) is 5.32 Å². The van der Waals surface area contributed by atoms with Crippen molar-refractivity contribution in [3.63, 3.8) is 0 Å². The molecule has 6 heteroatoms. The van der Waals surface area contributed by atoms with Gasteiger partial charge in [0.25, 0.3) is 5.91 Å². The molecule has 0 saturated carbocycles. The summed E-state index contributed by atoms with van der Waals surface area (Å²) in [5.41, 5.74) is 1.77. The largest absolute Gasteiger partial charge is 0.320 e. The third-order valence-electron chi connectivity index (χ3n) is 2.60. The van der Waals surface area contributed by atoms with Gasteiger partial charge in [-0.25, -0.2) is 0 Å². The molecule has 0 saturated heterocycles. The van der Waals surface area contributed by atoms with Crippen LogP contribution in [0.15, 0.2) is 24.3 Å². The highest BCUT2D eigenvalue weighted by atomic mass is 127.